The fraction of sp³-hybridized carbons (Fsp3) is 0.211. The maximum atomic E-state index is 5.77. The second-order valence-corrected chi connectivity index (χ2v) is 5.33. The van der Waals surface area contributed by atoms with Gasteiger partial charge in [0.15, 0.2) is 0 Å². The van der Waals surface area contributed by atoms with E-state index in [1.54, 1.807) is 0 Å². The Morgan fingerprint density at radius 2 is 1.78 bits per heavy atom. The van der Waals surface area contributed by atoms with Gasteiger partial charge >= 0.3 is 0 Å². The van der Waals surface area contributed by atoms with Crippen LogP contribution in [0.2, 0.25) is 0 Å². The van der Waals surface area contributed by atoms with Gasteiger partial charge in [-0.05, 0) is 42.8 Å². The van der Waals surface area contributed by atoms with Crippen LogP contribution in [0.15, 0.2) is 60.7 Å². The highest BCUT2D eigenvalue weighted by Gasteiger charge is 2.10. The van der Waals surface area contributed by atoms with E-state index in [0.29, 0.717) is 13.2 Å². The van der Waals surface area contributed by atoms with Gasteiger partial charge in [0.1, 0.15) is 5.75 Å². The summed E-state index contributed by atoms with van der Waals surface area (Å²) in [6.07, 6.45) is 0. The van der Waals surface area contributed by atoms with Crippen molar-refractivity contribution in [2.24, 2.45) is 5.73 Å². The highest BCUT2D eigenvalue weighted by atomic mass is 16.5. The molecule has 0 spiro atoms. The number of nitrogens with two attached hydrogens (primary N) is 1. The molecule has 0 fully saturated rings. The van der Waals surface area contributed by atoms with Gasteiger partial charge in [0.25, 0.3) is 0 Å². The van der Waals surface area contributed by atoms with E-state index in [2.05, 4.69) is 35.4 Å². The highest BCUT2D eigenvalue weighted by Crippen LogP contribution is 2.24. The minimum Gasteiger partial charge on any atom is -0.494 e. The van der Waals surface area contributed by atoms with Gasteiger partial charge in [-0.2, -0.15) is 5.10 Å². The lowest BCUT2D eigenvalue weighted by Gasteiger charge is -2.09. The lowest BCUT2D eigenvalue weighted by atomic mass is 10.1. The summed E-state index contributed by atoms with van der Waals surface area (Å²) < 4.78 is 7.51. The molecule has 0 aliphatic heterocycles. The Bertz CT molecular complexity index is 748. The molecule has 2 aromatic carbocycles. The lowest BCUT2D eigenvalue weighted by Crippen LogP contribution is -2.05. The number of benzene rings is 2. The van der Waals surface area contributed by atoms with E-state index in [-0.39, 0.29) is 0 Å². The van der Waals surface area contributed by atoms with E-state index < -0.39 is 0 Å². The Kier molecular flexibility index (Phi) is 4.74. The van der Waals surface area contributed by atoms with E-state index in [9.17, 15) is 0 Å². The van der Waals surface area contributed by atoms with E-state index in [4.69, 9.17) is 10.5 Å². The number of rotatable bonds is 6. The minimum atomic E-state index is 0.436. The molecule has 4 heteroatoms. The third-order valence-corrected chi connectivity index (χ3v) is 3.68. The van der Waals surface area contributed by atoms with Crippen molar-refractivity contribution in [3.63, 3.8) is 0 Å². The average Bonchev–Trinajstić information content (AvgIpc) is 3.00. The summed E-state index contributed by atoms with van der Waals surface area (Å²) in [5, 5.41) is 4.62. The molecule has 0 saturated carbocycles. The molecule has 4 nitrogen and oxygen atoms in total. The van der Waals surface area contributed by atoms with Crippen LogP contribution in [0.25, 0.3) is 11.3 Å². The van der Waals surface area contributed by atoms with Gasteiger partial charge in [0, 0.05) is 12.1 Å². The molecule has 1 aromatic heterocycles. The van der Waals surface area contributed by atoms with Crippen molar-refractivity contribution in [2.75, 3.05) is 6.61 Å². The number of nitrogens with zero attached hydrogens (tertiary/aromatic N) is 2. The van der Waals surface area contributed by atoms with Crippen LogP contribution in [-0.2, 0) is 13.1 Å². The molecule has 0 saturated heterocycles. The second kappa shape index (κ2) is 7.11. The molecule has 0 unspecified atom stereocenters. The molecule has 118 valence electrons. The summed E-state index contributed by atoms with van der Waals surface area (Å²) in [5.74, 6) is 0.879. The van der Waals surface area contributed by atoms with Crippen molar-refractivity contribution >= 4 is 0 Å². The fourth-order valence-corrected chi connectivity index (χ4v) is 2.57. The van der Waals surface area contributed by atoms with E-state index in [0.717, 1.165) is 29.2 Å². The maximum Gasteiger partial charge on any atom is 0.119 e. The predicted octanol–water partition coefficient (Wildman–Crippen LogP) is 3.46. The first-order valence-corrected chi connectivity index (χ1v) is 7.84. The van der Waals surface area contributed by atoms with Crippen LogP contribution >= 0.6 is 0 Å². The van der Waals surface area contributed by atoms with Crippen LogP contribution in [0, 0.1) is 0 Å². The van der Waals surface area contributed by atoms with Crippen molar-refractivity contribution in [2.45, 2.75) is 20.0 Å². The van der Waals surface area contributed by atoms with E-state index in [1.807, 2.05) is 41.9 Å². The molecule has 0 bridgehead atoms. The first-order chi connectivity index (χ1) is 11.3. The Morgan fingerprint density at radius 1 is 1.04 bits per heavy atom. The Balaban J connectivity index is 1.92. The topological polar surface area (TPSA) is 53.1 Å². The van der Waals surface area contributed by atoms with Gasteiger partial charge in [-0.15, -0.1) is 0 Å². The first-order valence-electron chi connectivity index (χ1n) is 7.84. The van der Waals surface area contributed by atoms with Gasteiger partial charge in [-0.3, -0.25) is 4.68 Å². The quantitative estimate of drug-likeness (QED) is 0.759. The molecule has 0 amide bonds. The highest BCUT2D eigenvalue weighted by molar-refractivity contribution is 5.61. The van der Waals surface area contributed by atoms with Crippen LogP contribution in [-0.4, -0.2) is 16.4 Å². The van der Waals surface area contributed by atoms with Crippen molar-refractivity contribution in [1.82, 2.24) is 9.78 Å². The summed E-state index contributed by atoms with van der Waals surface area (Å²) in [7, 11) is 0. The molecular formula is C19H21N3O. The molecule has 1 heterocycles. The number of hydrogen-bond donors (Lipinski definition) is 1. The van der Waals surface area contributed by atoms with Crippen molar-refractivity contribution < 1.29 is 4.74 Å². The van der Waals surface area contributed by atoms with E-state index >= 15 is 0 Å². The van der Waals surface area contributed by atoms with Gasteiger partial charge in [0.2, 0.25) is 0 Å². The SMILES string of the molecule is CCOc1ccc(-c2cc(CN)nn2Cc2ccccc2)cc1. The monoisotopic (exact) mass is 307 g/mol. The Morgan fingerprint density at radius 3 is 2.43 bits per heavy atom. The van der Waals surface area contributed by atoms with Crippen molar-refractivity contribution in [3.05, 3.63) is 71.9 Å². The zero-order valence-corrected chi connectivity index (χ0v) is 13.3. The molecule has 3 rings (SSSR count). The number of aromatic nitrogens is 2. The smallest absolute Gasteiger partial charge is 0.119 e. The Hall–Kier alpha value is -2.59. The minimum absolute atomic E-state index is 0.436. The third-order valence-electron chi connectivity index (χ3n) is 3.68. The molecule has 2 N–H and O–H groups in total. The molecule has 0 aliphatic carbocycles. The summed E-state index contributed by atoms with van der Waals surface area (Å²) in [5.41, 5.74) is 10.1. The third kappa shape index (κ3) is 3.60. The standard InChI is InChI=1S/C19H21N3O/c1-2-23-18-10-8-16(9-11-18)19-12-17(13-20)21-22(19)14-15-6-4-3-5-7-15/h3-12H,2,13-14,20H2,1H3. The number of hydrogen-bond acceptors (Lipinski definition) is 3. The van der Waals surface area contributed by atoms with Crippen LogP contribution in [0.5, 0.6) is 5.75 Å². The summed E-state index contributed by atoms with van der Waals surface area (Å²) >= 11 is 0. The van der Waals surface area contributed by atoms with Crippen LogP contribution in [0.3, 0.4) is 0 Å². The normalized spacial score (nSPS) is 10.7. The molecule has 3 aromatic rings. The lowest BCUT2D eigenvalue weighted by molar-refractivity contribution is 0.340. The summed E-state index contributed by atoms with van der Waals surface area (Å²) in [6, 6.07) is 20.5. The summed E-state index contributed by atoms with van der Waals surface area (Å²) in [6.45, 7) is 3.81. The van der Waals surface area contributed by atoms with Crippen molar-refractivity contribution in [1.29, 1.82) is 0 Å². The molecule has 0 radical (unpaired) electrons. The fourth-order valence-electron chi connectivity index (χ4n) is 2.57. The largest absolute Gasteiger partial charge is 0.494 e. The number of ether oxygens (including phenoxy) is 1. The maximum absolute atomic E-state index is 5.77. The Labute approximate surface area is 136 Å². The zero-order valence-electron chi connectivity index (χ0n) is 13.3. The molecule has 0 atom stereocenters. The first kappa shape index (κ1) is 15.3. The van der Waals surface area contributed by atoms with Gasteiger partial charge < -0.3 is 10.5 Å². The van der Waals surface area contributed by atoms with Gasteiger partial charge in [-0.1, -0.05) is 30.3 Å². The average molecular weight is 307 g/mol. The molecular weight excluding hydrogens is 286 g/mol. The van der Waals surface area contributed by atoms with Crippen LogP contribution < -0.4 is 10.5 Å². The summed E-state index contributed by atoms with van der Waals surface area (Å²) in [4.78, 5) is 0. The van der Waals surface area contributed by atoms with Crippen LogP contribution in [0.1, 0.15) is 18.2 Å². The zero-order chi connectivity index (χ0) is 16.1. The molecule has 0 aliphatic rings. The van der Waals surface area contributed by atoms with Crippen molar-refractivity contribution in [3.8, 4) is 17.0 Å². The predicted molar refractivity (Wildman–Crippen MR) is 92.3 cm³/mol. The van der Waals surface area contributed by atoms with Gasteiger partial charge in [-0.25, -0.2) is 0 Å². The second-order valence-electron chi connectivity index (χ2n) is 5.33. The van der Waals surface area contributed by atoms with E-state index in [1.165, 1.54) is 5.56 Å². The molecule has 23 heavy (non-hydrogen) atoms. The van der Waals surface area contributed by atoms with Gasteiger partial charge in [0.05, 0.1) is 24.5 Å². The van der Waals surface area contributed by atoms with Crippen LogP contribution in [0.4, 0.5) is 0 Å².